The molecule has 0 bridgehead atoms. The van der Waals surface area contributed by atoms with E-state index in [1.54, 1.807) is 0 Å². The first kappa shape index (κ1) is 19.0. The van der Waals surface area contributed by atoms with Crippen molar-refractivity contribution in [3.05, 3.63) is 0 Å². The van der Waals surface area contributed by atoms with Crippen LogP contribution in [0.25, 0.3) is 0 Å². The smallest absolute Gasteiger partial charge is 0.0730 e. The van der Waals surface area contributed by atoms with Crippen molar-refractivity contribution in [1.82, 2.24) is 5.32 Å². The van der Waals surface area contributed by atoms with E-state index in [1.165, 1.54) is 25.7 Å². The fraction of sp³-hybridized carbons (Fsp3) is 1.00. The van der Waals surface area contributed by atoms with Crippen molar-refractivity contribution in [2.75, 3.05) is 13.2 Å². The first-order chi connectivity index (χ1) is 9.63. The molecule has 21 heavy (non-hydrogen) atoms. The Hall–Kier alpha value is -0.0800. The van der Waals surface area contributed by atoms with Crippen molar-refractivity contribution in [1.29, 1.82) is 0 Å². The third-order valence-corrected chi connectivity index (χ3v) is 4.86. The average molecular weight is 298 g/mol. The number of nitrogens with one attached hydrogen (secondary N) is 1. The standard InChI is InChI=1S/C19H39NO/c1-8-12-20-16-10-9-15(19(5,6)7)14-17(16)21-13-11-18(2,3)4/h15-17,20H,8-14H2,1-7H3. The molecule has 2 nitrogen and oxygen atoms in total. The first-order valence-corrected chi connectivity index (χ1v) is 8.98. The van der Waals surface area contributed by atoms with Crippen molar-refractivity contribution < 1.29 is 4.74 Å². The van der Waals surface area contributed by atoms with E-state index in [9.17, 15) is 0 Å². The molecular weight excluding hydrogens is 258 g/mol. The molecular formula is C19H39NO. The highest BCUT2D eigenvalue weighted by atomic mass is 16.5. The van der Waals surface area contributed by atoms with Crippen molar-refractivity contribution in [3.63, 3.8) is 0 Å². The Morgan fingerprint density at radius 2 is 1.71 bits per heavy atom. The molecule has 1 N–H and O–H groups in total. The minimum atomic E-state index is 0.366. The quantitative estimate of drug-likeness (QED) is 0.743. The van der Waals surface area contributed by atoms with Crippen LogP contribution < -0.4 is 5.32 Å². The molecule has 0 aromatic rings. The van der Waals surface area contributed by atoms with Crippen LogP contribution in [0.3, 0.4) is 0 Å². The van der Waals surface area contributed by atoms with Crippen LogP contribution in [0.2, 0.25) is 0 Å². The first-order valence-electron chi connectivity index (χ1n) is 8.98. The summed E-state index contributed by atoms with van der Waals surface area (Å²) in [5.74, 6) is 0.789. The fourth-order valence-corrected chi connectivity index (χ4v) is 3.18. The highest BCUT2D eigenvalue weighted by molar-refractivity contribution is 4.90. The maximum atomic E-state index is 6.33. The second-order valence-electron chi connectivity index (χ2n) is 9.16. The maximum Gasteiger partial charge on any atom is 0.0730 e. The van der Waals surface area contributed by atoms with Gasteiger partial charge in [0.1, 0.15) is 0 Å². The van der Waals surface area contributed by atoms with Gasteiger partial charge in [0.05, 0.1) is 6.10 Å². The van der Waals surface area contributed by atoms with Crippen molar-refractivity contribution >= 4 is 0 Å². The van der Waals surface area contributed by atoms with Gasteiger partial charge in [0, 0.05) is 12.6 Å². The molecule has 3 unspecified atom stereocenters. The summed E-state index contributed by atoms with van der Waals surface area (Å²) in [6.07, 6.45) is 6.57. The summed E-state index contributed by atoms with van der Waals surface area (Å²) >= 11 is 0. The lowest BCUT2D eigenvalue weighted by Gasteiger charge is -2.42. The van der Waals surface area contributed by atoms with Crippen LogP contribution in [0.5, 0.6) is 0 Å². The summed E-state index contributed by atoms with van der Waals surface area (Å²) in [5, 5.41) is 3.72. The molecule has 3 atom stereocenters. The molecule has 0 spiro atoms. The van der Waals surface area contributed by atoms with E-state index in [1.807, 2.05) is 0 Å². The van der Waals surface area contributed by atoms with Gasteiger partial charge in [-0.1, -0.05) is 48.5 Å². The van der Waals surface area contributed by atoms with E-state index < -0.39 is 0 Å². The zero-order valence-corrected chi connectivity index (χ0v) is 15.6. The molecule has 0 aromatic heterocycles. The lowest BCUT2D eigenvalue weighted by atomic mass is 9.70. The number of hydrogen-bond acceptors (Lipinski definition) is 2. The lowest BCUT2D eigenvalue weighted by molar-refractivity contribution is -0.0348. The highest BCUT2D eigenvalue weighted by Crippen LogP contribution is 2.39. The van der Waals surface area contributed by atoms with Gasteiger partial charge in [-0.15, -0.1) is 0 Å². The second-order valence-corrected chi connectivity index (χ2v) is 9.16. The van der Waals surface area contributed by atoms with Gasteiger partial charge in [-0.25, -0.2) is 0 Å². The SMILES string of the molecule is CCCNC1CCC(C(C)(C)C)CC1OCCC(C)(C)C. The zero-order chi connectivity index (χ0) is 16.1. The molecule has 1 fully saturated rings. The molecule has 0 saturated heterocycles. The van der Waals surface area contributed by atoms with Crippen LogP contribution in [0.1, 0.15) is 80.6 Å². The maximum absolute atomic E-state index is 6.33. The van der Waals surface area contributed by atoms with E-state index in [4.69, 9.17) is 4.74 Å². The number of rotatable bonds is 6. The van der Waals surface area contributed by atoms with E-state index in [2.05, 4.69) is 53.8 Å². The molecule has 1 rings (SSSR count). The molecule has 0 heterocycles. The minimum Gasteiger partial charge on any atom is -0.377 e. The molecule has 126 valence electrons. The Morgan fingerprint density at radius 3 is 2.24 bits per heavy atom. The molecule has 0 radical (unpaired) electrons. The summed E-state index contributed by atoms with van der Waals surface area (Å²) in [7, 11) is 0. The van der Waals surface area contributed by atoms with Crippen molar-refractivity contribution in [2.45, 2.75) is 92.7 Å². The topological polar surface area (TPSA) is 21.3 Å². The van der Waals surface area contributed by atoms with Crippen LogP contribution in [-0.2, 0) is 4.74 Å². The Kier molecular flexibility index (Phi) is 7.19. The van der Waals surface area contributed by atoms with Gasteiger partial charge >= 0.3 is 0 Å². The number of ether oxygens (including phenoxy) is 1. The van der Waals surface area contributed by atoms with Crippen molar-refractivity contribution in [3.8, 4) is 0 Å². The highest BCUT2D eigenvalue weighted by Gasteiger charge is 2.36. The minimum absolute atomic E-state index is 0.366. The lowest BCUT2D eigenvalue weighted by Crippen LogP contribution is -2.48. The number of hydrogen-bond donors (Lipinski definition) is 1. The van der Waals surface area contributed by atoms with E-state index in [0.717, 1.165) is 25.5 Å². The van der Waals surface area contributed by atoms with E-state index in [0.29, 0.717) is 23.0 Å². The summed E-state index contributed by atoms with van der Waals surface area (Å²) in [6.45, 7) is 18.3. The molecule has 1 saturated carbocycles. The largest absolute Gasteiger partial charge is 0.377 e. The van der Waals surface area contributed by atoms with Crippen LogP contribution in [0.4, 0.5) is 0 Å². The van der Waals surface area contributed by atoms with Crippen LogP contribution in [0, 0.1) is 16.7 Å². The van der Waals surface area contributed by atoms with E-state index in [-0.39, 0.29) is 0 Å². The van der Waals surface area contributed by atoms with Gasteiger partial charge in [-0.3, -0.25) is 0 Å². The van der Waals surface area contributed by atoms with Gasteiger partial charge in [-0.2, -0.15) is 0 Å². The van der Waals surface area contributed by atoms with Gasteiger partial charge in [0.2, 0.25) is 0 Å². The van der Waals surface area contributed by atoms with Crippen molar-refractivity contribution in [2.24, 2.45) is 16.7 Å². The van der Waals surface area contributed by atoms with Gasteiger partial charge in [0.15, 0.2) is 0 Å². The Balaban J connectivity index is 2.56. The predicted octanol–water partition coefficient (Wildman–Crippen LogP) is 5.02. The summed E-state index contributed by atoms with van der Waals surface area (Å²) in [5.41, 5.74) is 0.770. The monoisotopic (exact) mass is 297 g/mol. The molecule has 1 aliphatic carbocycles. The molecule has 1 aliphatic rings. The zero-order valence-electron chi connectivity index (χ0n) is 15.6. The Labute approximate surface area is 133 Å². The predicted molar refractivity (Wildman–Crippen MR) is 92.7 cm³/mol. The van der Waals surface area contributed by atoms with Crippen LogP contribution >= 0.6 is 0 Å². The van der Waals surface area contributed by atoms with Crippen LogP contribution in [-0.4, -0.2) is 25.3 Å². The van der Waals surface area contributed by atoms with Crippen LogP contribution in [0.15, 0.2) is 0 Å². The Morgan fingerprint density at radius 1 is 1.05 bits per heavy atom. The summed E-state index contributed by atoms with van der Waals surface area (Å²) in [6, 6.07) is 0.559. The van der Waals surface area contributed by atoms with Gasteiger partial charge < -0.3 is 10.1 Å². The summed E-state index contributed by atoms with van der Waals surface area (Å²) in [4.78, 5) is 0. The molecule has 0 aromatic carbocycles. The van der Waals surface area contributed by atoms with Gasteiger partial charge in [-0.05, 0) is 55.4 Å². The summed E-state index contributed by atoms with van der Waals surface area (Å²) < 4.78 is 6.33. The molecule has 2 heteroatoms. The van der Waals surface area contributed by atoms with Gasteiger partial charge in [0.25, 0.3) is 0 Å². The molecule has 0 amide bonds. The third kappa shape index (κ3) is 7.15. The third-order valence-electron chi connectivity index (χ3n) is 4.86. The second kappa shape index (κ2) is 7.97. The van der Waals surface area contributed by atoms with E-state index >= 15 is 0 Å². The fourth-order valence-electron chi connectivity index (χ4n) is 3.18. The normalized spacial score (nSPS) is 27.9. The average Bonchev–Trinajstić information content (AvgIpc) is 2.34. The Bertz CT molecular complexity index is 287. The molecule has 0 aliphatic heterocycles.